The molecule has 1 fully saturated rings. The Kier molecular flexibility index (Phi) is 6.75. The van der Waals surface area contributed by atoms with Crippen molar-refractivity contribution in [1.29, 1.82) is 0 Å². The normalized spacial score (nSPS) is 19.6. The number of rotatable bonds is 6. The van der Waals surface area contributed by atoms with Crippen LogP contribution in [0.25, 0.3) is 11.3 Å². The van der Waals surface area contributed by atoms with Crippen molar-refractivity contribution in [3.05, 3.63) is 102 Å². The predicted octanol–water partition coefficient (Wildman–Crippen LogP) is 6.38. The average molecular weight is 462 g/mol. The first kappa shape index (κ1) is 22.1. The number of hydrogen-bond donors (Lipinski definition) is 0. The molecule has 170 valence electrons. The molecule has 1 unspecified atom stereocenters. The minimum atomic E-state index is -0.171. The van der Waals surface area contributed by atoms with Gasteiger partial charge in [-0.15, -0.1) is 11.6 Å². The van der Waals surface area contributed by atoms with Crippen LogP contribution in [0, 0.1) is 5.82 Å². The zero-order valence-corrected chi connectivity index (χ0v) is 19.5. The first-order valence-corrected chi connectivity index (χ1v) is 12.2. The minimum Gasteiger partial charge on any atom is -0.303 e. The lowest BCUT2D eigenvalue weighted by Gasteiger charge is -2.31. The van der Waals surface area contributed by atoms with E-state index in [9.17, 15) is 4.39 Å². The van der Waals surface area contributed by atoms with Crippen molar-refractivity contribution >= 4 is 17.2 Å². The van der Waals surface area contributed by atoms with Gasteiger partial charge in [0.2, 0.25) is 0 Å². The van der Waals surface area contributed by atoms with Crippen LogP contribution in [0.2, 0.25) is 0 Å². The molecule has 0 bridgehead atoms. The highest BCUT2D eigenvalue weighted by Crippen LogP contribution is 2.32. The lowest BCUT2D eigenvalue weighted by Crippen LogP contribution is -2.34. The molecule has 0 N–H and O–H groups in total. The number of hydrogen-bond acceptors (Lipinski definition) is 2. The summed E-state index contributed by atoms with van der Waals surface area (Å²) in [6.45, 7) is 3.14. The van der Waals surface area contributed by atoms with Gasteiger partial charge >= 0.3 is 0 Å². The smallest absolute Gasteiger partial charge is 0.123 e. The Hall–Kier alpha value is -2.69. The standard InChI is InChI=1S/C28H29ClFN3/c29-24-10-8-23(9-11-24)28-20-27(31-33(28)26-4-2-1-3-5-26)22-15-18-32(19-16-22)17-14-21-6-12-25(30)13-7-21/h1-10,12-13,20,22,24H,11,14-19H2. The number of allylic oxidation sites excluding steroid dienone is 4. The third-order valence-corrected chi connectivity index (χ3v) is 7.03. The van der Waals surface area contributed by atoms with Crippen molar-refractivity contribution in [2.75, 3.05) is 19.6 Å². The maximum atomic E-state index is 13.1. The lowest BCUT2D eigenvalue weighted by atomic mass is 9.92. The fourth-order valence-electron chi connectivity index (χ4n) is 4.75. The van der Waals surface area contributed by atoms with Crippen LogP contribution in [-0.4, -0.2) is 39.7 Å². The largest absolute Gasteiger partial charge is 0.303 e. The highest BCUT2D eigenvalue weighted by molar-refractivity contribution is 6.22. The zero-order valence-electron chi connectivity index (χ0n) is 18.7. The van der Waals surface area contributed by atoms with Gasteiger partial charge in [0.25, 0.3) is 0 Å². The van der Waals surface area contributed by atoms with E-state index in [0.717, 1.165) is 56.7 Å². The van der Waals surface area contributed by atoms with Crippen LogP contribution >= 0.6 is 11.6 Å². The minimum absolute atomic E-state index is 0.0700. The summed E-state index contributed by atoms with van der Waals surface area (Å²) in [4.78, 5) is 2.52. The van der Waals surface area contributed by atoms with E-state index in [4.69, 9.17) is 16.7 Å². The van der Waals surface area contributed by atoms with Gasteiger partial charge in [-0.25, -0.2) is 9.07 Å². The third-order valence-electron chi connectivity index (χ3n) is 6.71. The number of likely N-dealkylation sites (tertiary alicyclic amines) is 1. The summed E-state index contributed by atoms with van der Waals surface area (Å²) in [6, 6.07) is 19.5. The molecule has 1 aliphatic heterocycles. The van der Waals surface area contributed by atoms with Crippen LogP contribution in [0.5, 0.6) is 0 Å². The molecule has 0 saturated carbocycles. The molecule has 0 spiro atoms. The molecule has 0 amide bonds. The van der Waals surface area contributed by atoms with Crippen molar-refractivity contribution in [2.24, 2.45) is 0 Å². The van der Waals surface area contributed by atoms with Crippen molar-refractivity contribution in [2.45, 2.75) is 37.0 Å². The van der Waals surface area contributed by atoms with E-state index in [0.29, 0.717) is 5.92 Å². The second-order valence-corrected chi connectivity index (χ2v) is 9.53. The van der Waals surface area contributed by atoms with Crippen LogP contribution in [0.1, 0.15) is 42.1 Å². The second kappa shape index (κ2) is 10.1. The van der Waals surface area contributed by atoms with Gasteiger partial charge in [-0.2, -0.15) is 5.10 Å². The number of alkyl halides is 1. The van der Waals surface area contributed by atoms with Crippen molar-refractivity contribution in [3.8, 4) is 5.69 Å². The van der Waals surface area contributed by atoms with E-state index >= 15 is 0 Å². The molecule has 2 aromatic carbocycles. The Bertz CT molecular complexity index is 1130. The zero-order chi connectivity index (χ0) is 22.6. The molecule has 5 heteroatoms. The molecular weight excluding hydrogens is 433 g/mol. The van der Waals surface area contributed by atoms with E-state index in [1.54, 1.807) is 12.1 Å². The molecule has 1 atom stereocenters. The van der Waals surface area contributed by atoms with E-state index in [1.807, 2.05) is 18.2 Å². The van der Waals surface area contributed by atoms with Crippen LogP contribution in [-0.2, 0) is 6.42 Å². The Morgan fingerprint density at radius 1 is 1.00 bits per heavy atom. The first-order valence-electron chi connectivity index (χ1n) is 11.8. The molecule has 2 heterocycles. The number of halogens is 2. The molecule has 33 heavy (non-hydrogen) atoms. The summed E-state index contributed by atoms with van der Waals surface area (Å²) in [6.07, 6.45) is 10.4. The summed E-state index contributed by atoms with van der Waals surface area (Å²) < 4.78 is 15.2. The van der Waals surface area contributed by atoms with Gasteiger partial charge in [0.1, 0.15) is 5.82 Å². The fourth-order valence-corrected chi connectivity index (χ4v) is 4.91. The number of piperidine rings is 1. The van der Waals surface area contributed by atoms with Crippen LogP contribution in [0.4, 0.5) is 4.39 Å². The van der Waals surface area contributed by atoms with E-state index in [2.05, 4.69) is 58.1 Å². The Morgan fingerprint density at radius 2 is 1.76 bits per heavy atom. The SMILES string of the molecule is Fc1ccc(CCN2CCC(c3cc(C4=CCC(Cl)C=C4)n(-c4ccccc4)n3)CC2)cc1. The van der Waals surface area contributed by atoms with Crippen LogP contribution in [0.3, 0.4) is 0 Å². The van der Waals surface area contributed by atoms with Crippen LogP contribution in [0.15, 0.2) is 78.9 Å². The summed E-state index contributed by atoms with van der Waals surface area (Å²) in [7, 11) is 0. The van der Waals surface area contributed by atoms with E-state index in [1.165, 1.54) is 16.8 Å². The highest BCUT2D eigenvalue weighted by atomic mass is 35.5. The molecule has 1 aliphatic carbocycles. The number of para-hydroxylation sites is 1. The van der Waals surface area contributed by atoms with Gasteiger partial charge in [0.15, 0.2) is 0 Å². The van der Waals surface area contributed by atoms with Crippen molar-refractivity contribution in [3.63, 3.8) is 0 Å². The molecular formula is C28H29ClFN3. The van der Waals surface area contributed by atoms with Gasteiger partial charge in [-0.3, -0.25) is 0 Å². The molecule has 2 aliphatic rings. The van der Waals surface area contributed by atoms with Gasteiger partial charge in [-0.05, 0) is 80.2 Å². The average Bonchev–Trinajstić information content (AvgIpc) is 3.31. The van der Waals surface area contributed by atoms with Gasteiger partial charge in [-0.1, -0.05) is 48.6 Å². The molecule has 3 nitrogen and oxygen atoms in total. The van der Waals surface area contributed by atoms with Crippen molar-refractivity contribution in [1.82, 2.24) is 14.7 Å². The molecule has 1 aromatic heterocycles. The lowest BCUT2D eigenvalue weighted by molar-refractivity contribution is 0.213. The Balaban J connectivity index is 1.29. The molecule has 0 radical (unpaired) electrons. The molecule has 3 aromatic rings. The maximum Gasteiger partial charge on any atom is 0.123 e. The maximum absolute atomic E-state index is 13.1. The third kappa shape index (κ3) is 5.29. The van der Waals surface area contributed by atoms with E-state index < -0.39 is 0 Å². The number of nitrogens with zero attached hydrogens (tertiary/aromatic N) is 3. The van der Waals surface area contributed by atoms with Crippen molar-refractivity contribution < 1.29 is 4.39 Å². The summed E-state index contributed by atoms with van der Waals surface area (Å²) in [5.74, 6) is 0.292. The number of aromatic nitrogens is 2. The first-order chi connectivity index (χ1) is 16.2. The summed E-state index contributed by atoms with van der Waals surface area (Å²) >= 11 is 6.26. The van der Waals surface area contributed by atoms with Gasteiger partial charge in [0, 0.05) is 12.5 Å². The fraction of sp³-hybridized carbons (Fsp3) is 0.321. The monoisotopic (exact) mass is 461 g/mol. The quantitative estimate of drug-likeness (QED) is 0.397. The molecule has 1 saturated heterocycles. The van der Waals surface area contributed by atoms with E-state index in [-0.39, 0.29) is 11.2 Å². The molecule has 5 rings (SSSR count). The topological polar surface area (TPSA) is 21.1 Å². The van der Waals surface area contributed by atoms with Crippen LogP contribution < -0.4 is 0 Å². The highest BCUT2D eigenvalue weighted by Gasteiger charge is 2.25. The van der Waals surface area contributed by atoms with Gasteiger partial charge < -0.3 is 4.90 Å². The Labute approximate surface area is 200 Å². The van der Waals surface area contributed by atoms with Gasteiger partial charge in [0.05, 0.1) is 22.5 Å². The summed E-state index contributed by atoms with van der Waals surface area (Å²) in [5, 5.41) is 5.15. The number of benzene rings is 2. The summed E-state index contributed by atoms with van der Waals surface area (Å²) in [5.41, 5.74) is 5.77. The predicted molar refractivity (Wildman–Crippen MR) is 133 cm³/mol. The second-order valence-electron chi connectivity index (χ2n) is 8.96. The Morgan fingerprint density at radius 3 is 2.45 bits per heavy atom.